The van der Waals surface area contributed by atoms with E-state index >= 15 is 0 Å². The summed E-state index contributed by atoms with van der Waals surface area (Å²) in [6.07, 6.45) is 13.8. The number of ether oxygens (including phenoxy) is 1. The van der Waals surface area contributed by atoms with Crippen LogP contribution in [-0.4, -0.2) is 18.0 Å². The van der Waals surface area contributed by atoms with E-state index in [1.54, 1.807) is 0 Å². The molecule has 1 heterocycles. The lowest BCUT2D eigenvalue weighted by molar-refractivity contribution is -0.144. The van der Waals surface area contributed by atoms with E-state index in [1.165, 1.54) is 49.7 Å². The molecule has 0 amide bonds. The van der Waals surface area contributed by atoms with E-state index in [9.17, 15) is 4.79 Å². The summed E-state index contributed by atoms with van der Waals surface area (Å²) < 4.78 is 6.56. The van der Waals surface area contributed by atoms with E-state index < -0.39 is 0 Å². The van der Waals surface area contributed by atoms with Gasteiger partial charge in [-0.2, -0.15) is 0 Å². The van der Waals surface area contributed by atoms with Crippen molar-refractivity contribution >= 4 is 5.78 Å². The Labute approximate surface area is 152 Å². The maximum Gasteiger partial charge on any atom is 0.155 e. The van der Waals surface area contributed by atoms with Crippen LogP contribution in [0.5, 0.6) is 0 Å². The monoisotopic (exact) mass is 340 g/mol. The Balaban J connectivity index is 1.47. The molecule has 0 aromatic carbocycles. The van der Waals surface area contributed by atoms with Gasteiger partial charge < -0.3 is 4.74 Å². The minimum absolute atomic E-state index is 0.0282. The Morgan fingerprint density at radius 2 is 1.96 bits per heavy atom. The molecule has 2 nitrogen and oxygen atoms in total. The van der Waals surface area contributed by atoms with Crippen molar-refractivity contribution in [3.8, 4) is 0 Å². The second-order valence-electron chi connectivity index (χ2n) is 9.68. The fraction of sp³-hybridized carbons (Fsp3) is 0.783. The molecule has 2 heteroatoms. The molecule has 0 radical (unpaired) electrons. The first-order valence-electron chi connectivity index (χ1n) is 10.6. The average molecular weight is 341 g/mol. The lowest BCUT2D eigenvalue weighted by Crippen LogP contribution is -2.55. The van der Waals surface area contributed by atoms with Gasteiger partial charge in [-0.05, 0) is 93.1 Å². The van der Waals surface area contributed by atoms with Crippen molar-refractivity contribution in [3.05, 3.63) is 23.8 Å². The van der Waals surface area contributed by atoms with Crippen molar-refractivity contribution in [3.63, 3.8) is 0 Å². The molecule has 4 aliphatic carbocycles. The summed E-state index contributed by atoms with van der Waals surface area (Å²) in [5.41, 5.74) is 3.14. The van der Waals surface area contributed by atoms with Crippen molar-refractivity contribution in [2.45, 2.75) is 76.7 Å². The Hall–Kier alpha value is -0.890. The van der Waals surface area contributed by atoms with Gasteiger partial charge in [0.2, 0.25) is 0 Å². The molecule has 6 atom stereocenters. The van der Waals surface area contributed by atoms with Crippen LogP contribution in [0.15, 0.2) is 23.8 Å². The van der Waals surface area contributed by atoms with E-state index in [-0.39, 0.29) is 11.0 Å². The number of ketones is 1. The fourth-order valence-corrected chi connectivity index (χ4v) is 7.83. The van der Waals surface area contributed by atoms with Crippen LogP contribution in [0.4, 0.5) is 0 Å². The molecule has 4 fully saturated rings. The third-order valence-corrected chi connectivity index (χ3v) is 8.96. The van der Waals surface area contributed by atoms with Gasteiger partial charge in [-0.1, -0.05) is 19.1 Å². The predicted octanol–water partition coefficient (Wildman–Crippen LogP) is 5.23. The molecule has 3 saturated carbocycles. The molecule has 25 heavy (non-hydrogen) atoms. The highest BCUT2D eigenvalue weighted by atomic mass is 16.5. The van der Waals surface area contributed by atoms with Crippen LogP contribution in [0.25, 0.3) is 0 Å². The van der Waals surface area contributed by atoms with Crippen LogP contribution < -0.4 is 0 Å². The molecule has 1 saturated heterocycles. The normalized spacial score (nSPS) is 49.4. The highest BCUT2D eigenvalue weighted by molar-refractivity contribution is 5.91. The molecular weight excluding hydrogens is 308 g/mol. The highest BCUT2D eigenvalue weighted by Crippen LogP contribution is 2.68. The first kappa shape index (κ1) is 16.3. The van der Waals surface area contributed by atoms with Gasteiger partial charge >= 0.3 is 0 Å². The number of carbonyl (C=O) groups excluding carboxylic acids is 1. The van der Waals surface area contributed by atoms with Gasteiger partial charge in [0.15, 0.2) is 5.78 Å². The minimum atomic E-state index is -0.0282. The average Bonchev–Trinajstić information content (AvgIpc) is 2.90. The minimum Gasteiger partial charge on any atom is -0.370 e. The smallest absolute Gasteiger partial charge is 0.155 e. The molecule has 1 spiro atoms. The maximum absolute atomic E-state index is 11.8. The van der Waals surface area contributed by atoms with E-state index in [0.717, 1.165) is 50.0 Å². The van der Waals surface area contributed by atoms with Crippen molar-refractivity contribution in [1.29, 1.82) is 0 Å². The van der Waals surface area contributed by atoms with Crippen molar-refractivity contribution in [2.75, 3.05) is 6.61 Å². The molecule has 0 aromatic heterocycles. The van der Waals surface area contributed by atoms with Gasteiger partial charge in [-0.3, -0.25) is 4.79 Å². The lowest BCUT2D eigenvalue weighted by atomic mass is 9.50. The maximum atomic E-state index is 11.8. The molecule has 0 aromatic rings. The Bertz CT molecular complexity index is 646. The van der Waals surface area contributed by atoms with Gasteiger partial charge in [0.1, 0.15) is 0 Å². The summed E-state index contributed by atoms with van der Waals surface area (Å²) >= 11 is 0. The number of allylic oxidation sites excluding steroid dienone is 1. The van der Waals surface area contributed by atoms with Gasteiger partial charge in [-0.25, -0.2) is 0 Å². The quantitative estimate of drug-likeness (QED) is 0.564. The van der Waals surface area contributed by atoms with Crippen molar-refractivity contribution in [1.82, 2.24) is 0 Å². The van der Waals surface area contributed by atoms with Crippen LogP contribution in [0, 0.1) is 29.1 Å². The molecule has 5 rings (SSSR count). The van der Waals surface area contributed by atoms with Crippen LogP contribution in [0.1, 0.15) is 71.1 Å². The number of rotatable bonds is 0. The largest absolute Gasteiger partial charge is 0.370 e. The lowest BCUT2D eigenvalue weighted by Gasteiger charge is -2.57. The van der Waals surface area contributed by atoms with Crippen LogP contribution in [0.3, 0.4) is 0 Å². The summed E-state index contributed by atoms with van der Waals surface area (Å²) in [7, 11) is 0. The number of hydrogen-bond acceptors (Lipinski definition) is 2. The Morgan fingerprint density at radius 3 is 2.80 bits per heavy atom. The number of carbonyl (C=O) groups is 1. The number of hydrogen-bond donors (Lipinski definition) is 0. The zero-order valence-corrected chi connectivity index (χ0v) is 15.7. The highest BCUT2D eigenvalue weighted by Gasteiger charge is 2.64. The standard InChI is InChI=1S/C23H32O2/c1-15-4-3-13-25-23(15)12-10-21-20-7-5-16-14-17(24)6-8-18(16)19(20)9-11-22(21,23)2/h14,18-21H,1,3-13H2,2H3/t18-,19+,20+,21-,22-,23?/m0/s1. The summed E-state index contributed by atoms with van der Waals surface area (Å²) in [6.45, 7) is 7.95. The molecule has 5 aliphatic rings. The van der Waals surface area contributed by atoms with Gasteiger partial charge in [0.25, 0.3) is 0 Å². The van der Waals surface area contributed by atoms with E-state index in [2.05, 4.69) is 13.5 Å². The second kappa shape index (κ2) is 5.55. The summed E-state index contributed by atoms with van der Waals surface area (Å²) in [6, 6.07) is 0. The molecular formula is C23H32O2. The van der Waals surface area contributed by atoms with Crippen LogP contribution in [0.2, 0.25) is 0 Å². The topological polar surface area (TPSA) is 26.3 Å². The van der Waals surface area contributed by atoms with E-state index in [0.29, 0.717) is 11.7 Å². The first-order valence-corrected chi connectivity index (χ1v) is 10.6. The predicted molar refractivity (Wildman–Crippen MR) is 99.2 cm³/mol. The zero-order chi connectivity index (χ0) is 17.2. The van der Waals surface area contributed by atoms with Crippen LogP contribution in [-0.2, 0) is 9.53 Å². The van der Waals surface area contributed by atoms with Gasteiger partial charge in [0, 0.05) is 18.4 Å². The summed E-state index contributed by atoms with van der Waals surface area (Å²) in [5, 5.41) is 0. The molecule has 136 valence electrons. The SMILES string of the molecule is C=C1CCCOC12CC[C@H]1[C@@H]3CCC4=CC(=O)CC[C@@H]4[C@H]3CC[C@@]12C. The van der Waals surface area contributed by atoms with E-state index in [4.69, 9.17) is 4.74 Å². The molecule has 1 aliphatic heterocycles. The Kier molecular flexibility index (Phi) is 3.62. The second-order valence-corrected chi connectivity index (χ2v) is 9.68. The summed E-state index contributed by atoms with van der Waals surface area (Å²) in [5.74, 6) is 3.52. The Morgan fingerprint density at radius 1 is 1.08 bits per heavy atom. The molecule has 0 bridgehead atoms. The zero-order valence-electron chi connectivity index (χ0n) is 15.7. The number of fused-ring (bicyclic) bond motifs is 6. The van der Waals surface area contributed by atoms with Crippen LogP contribution >= 0.6 is 0 Å². The summed E-state index contributed by atoms with van der Waals surface area (Å²) in [4.78, 5) is 11.8. The van der Waals surface area contributed by atoms with Crippen molar-refractivity contribution < 1.29 is 9.53 Å². The third-order valence-electron chi connectivity index (χ3n) is 8.96. The van der Waals surface area contributed by atoms with Gasteiger partial charge in [0.05, 0.1) is 5.60 Å². The first-order chi connectivity index (χ1) is 12.1. The third kappa shape index (κ3) is 2.10. The van der Waals surface area contributed by atoms with Crippen molar-refractivity contribution in [2.24, 2.45) is 29.1 Å². The fourth-order valence-electron chi connectivity index (χ4n) is 7.83. The van der Waals surface area contributed by atoms with Gasteiger partial charge in [-0.15, -0.1) is 0 Å². The molecule has 1 unspecified atom stereocenters. The molecule has 0 N–H and O–H groups in total. The van der Waals surface area contributed by atoms with E-state index in [1.807, 2.05) is 6.08 Å².